The van der Waals surface area contributed by atoms with Crippen LogP contribution >= 0.6 is 0 Å². The van der Waals surface area contributed by atoms with E-state index in [2.05, 4.69) is 10.1 Å². The summed E-state index contributed by atoms with van der Waals surface area (Å²) in [4.78, 5) is 19.2. The fraction of sp³-hybridized carbons (Fsp3) is 0.526. The Balaban J connectivity index is 1.60. The van der Waals surface area contributed by atoms with Crippen molar-refractivity contribution in [3.05, 3.63) is 47.0 Å². The second kappa shape index (κ2) is 6.59. The molecule has 3 heterocycles. The van der Waals surface area contributed by atoms with E-state index in [0.717, 1.165) is 24.3 Å². The van der Waals surface area contributed by atoms with Crippen molar-refractivity contribution in [1.82, 2.24) is 19.7 Å². The molecule has 1 saturated carbocycles. The molecule has 6 nitrogen and oxygen atoms in total. The summed E-state index contributed by atoms with van der Waals surface area (Å²) in [7, 11) is 1.94. The van der Waals surface area contributed by atoms with Crippen molar-refractivity contribution in [2.75, 3.05) is 19.8 Å². The minimum atomic E-state index is -0.0944. The van der Waals surface area contributed by atoms with Gasteiger partial charge in [0.05, 0.1) is 30.1 Å². The number of pyridine rings is 1. The van der Waals surface area contributed by atoms with Crippen molar-refractivity contribution in [2.45, 2.75) is 32.2 Å². The van der Waals surface area contributed by atoms with Crippen molar-refractivity contribution in [2.24, 2.45) is 13.0 Å². The number of hydrogen-bond donors (Lipinski definition) is 0. The molecule has 1 aliphatic carbocycles. The Morgan fingerprint density at radius 1 is 1.28 bits per heavy atom. The predicted octanol–water partition coefficient (Wildman–Crippen LogP) is 2.29. The van der Waals surface area contributed by atoms with E-state index in [9.17, 15) is 4.79 Å². The van der Waals surface area contributed by atoms with E-state index in [1.54, 1.807) is 12.4 Å². The van der Waals surface area contributed by atoms with E-state index in [1.807, 2.05) is 35.8 Å². The molecule has 0 spiro atoms. The molecule has 1 fully saturated rings. The summed E-state index contributed by atoms with van der Waals surface area (Å²) >= 11 is 0. The third-order valence-corrected chi connectivity index (χ3v) is 5.09. The zero-order chi connectivity index (χ0) is 17.4. The molecule has 1 aliphatic heterocycles. The Hall–Kier alpha value is -2.21. The van der Waals surface area contributed by atoms with Gasteiger partial charge in [0, 0.05) is 32.6 Å². The summed E-state index contributed by atoms with van der Waals surface area (Å²) in [6.07, 6.45) is 8.68. The van der Waals surface area contributed by atoms with Crippen molar-refractivity contribution in [1.29, 1.82) is 0 Å². The predicted molar refractivity (Wildman–Crippen MR) is 93.2 cm³/mol. The summed E-state index contributed by atoms with van der Waals surface area (Å²) in [5.74, 6) is 0.725. The molecular formula is C19H24N4O2. The van der Waals surface area contributed by atoms with E-state index in [-0.39, 0.29) is 11.9 Å². The number of nitrogens with zero attached hydrogens (tertiary/aromatic N) is 4. The Labute approximate surface area is 147 Å². The van der Waals surface area contributed by atoms with E-state index in [0.29, 0.717) is 24.6 Å². The van der Waals surface area contributed by atoms with Gasteiger partial charge in [-0.05, 0) is 49.3 Å². The quantitative estimate of drug-likeness (QED) is 0.838. The highest BCUT2D eigenvalue weighted by Gasteiger charge is 2.34. The largest absolute Gasteiger partial charge is 0.379 e. The van der Waals surface area contributed by atoms with Gasteiger partial charge in [-0.1, -0.05) is 0 Å². The van der Waals surface area contributed by atoms with E-state index >= 15 is 0 Å². The van der Waals surface area contributed by atoms with Crippen LogP contribution in [0.25, 0.3) is 0 Å². The molecule has 2 aromatic heterocycles. The number of aromatic nitrogens is 3. The van der Waals surface area contributed by atoms with Crippen LogP contribution in [0.5, 0.6) is 0 Å². The number of amides is 1. The average Bonchev–Trinajstić information content (AvgIpc) is 3.36. The molecule has 1 amide bonds. The molecule has 0 saturated heterocycles. The van der Waals surface area contributed by atoms with Gasteiger partial charge >= 0.3 is 0 Å². The summed E-state index contributed by atoms with van der Waals surface area (Å²) < 4.78 is 7.85. The maximum absolute atomic E-state index is 13.1. The zero-order valence-corrected chi connectivity index (χ0v) is 14.8. The van der Waals surface area contributed by atoms with Crippen molar-refractivity contribution >= 4 is 5.91 Å². The highest BCUT2D eigenvalue weighted by molar-refractivity contribution is 5.94. The van der Waals surface area contributed by atoms with Crippen molar-refractivity contribution in [3.8, 4) is 0 Å². The Bertz CT molecular complexity index is 781. The first-order valence-corrected chi connectivity index (χ1v) is 8.94. The zero-order valence-electron chi connectivity index (χ0n) is 14.8. The molecule has 4 rings (SSSR count). The number of aryl methyl sites for hydroxylation is 2. The Kier molecular flexibility index (Phi) is 4.29. The molecule has 0 unspecified atom stereocenters. The lowest BCUT2D eigenvalue weighted by Gasteiger charge is -2.36. The van der Waals surface area contributed by atoms with Gasteiger partial charge in [0.25, 0.3) is 5.91 Å². The van der Waals surface area contributed by atoms with Gasteiger partial charge in [-0.25, -0.2) is 0 Å². The molecular weight excluding hydrogens is 316 g/mol. The van der Waals surface area contributed by atoms with Crippen LogP contribution in [0.1, 0.15) is 46.1 Å². The maximum atomic E-state index is 13.1. The van der Waals surface area contributed by atoms with Gasteiger partial charge in [-0.3, -0.25) is 14.5 Å². The Morgan fingerprint density at radius 2 is 2.12 bits per heavy atom. The first kappa shape index (κ1) is 16.3. The fourth-order valence-corrected chi connectivity index (χ4v) is 3.54. The number of carbonyl (C=O) groups excluding carboxylic acids is 1. The van der Waals surface area contributed by atoms with E-state index < -0.39 is 0 Å². The van der Waals surface area contributed by atoms with Gasteiger partial charge in [0.2, 0.25) is 0 Å². The summed E-state index contributed by atoms with van der Waals surface area (Å²) in [6.45, 7) is 3.95. The van der Waals surface area contributed by atoms with E-state index in [1.165, 1.54) is 18.4 Å². The van der Waals surface area contributed by atoms with Crippen molar-refractivity contribution < 1.29 is 9.53 Å². The van der Waals surface area contributed by atoms with Crippen molar-refractivity contribution in [3.63, 3.8) is 0 Å². The molecule has 2 aromatic rings. The maximum Gasteiger partial charge on any atom is 0.256 e. The number of carbonyl (C=O) groups is 1. The van der Waals surface area contributed by atoms with Crippen LogP contribution in [-0.2, 0) is 18.2 Å². The minimum Gasteiger partial charge on any atom is -0.379 e. The van der Waals surface area contributed by atoms with Crippen LogP contribution in [0.4, 0.5) is 0 Å². The summed E-state index contributed by atoms with van der Waals surface area (Å²) in [5.41, 5.74) is 3.94. The smallest absolute Gasteiger partial charge is 0.256 e. The highest BCUT2D eigenvalue weighted by Crippen LogP contribution is 2.33. The van der Waals surface area contributed by atoms with Gasteiger partial charge in [-0.15, -0.1) is 0 Å². The van der Waals surface area contributed by atoms with Crippen LogP contribution in [0.3, 0.4) is 0 Å². The van der Waals surface area contributed by atoms with Gasteiger partial charge in [0.15, 0.2) is 0 Å². The summed E-state index contributed by atoms with van der Waals surface area (Å²) in [5, 5.41) is 4.40. The first-order valence-electron chi connectivity index (χ1n) is 8.94. The van der Waals surface area contributed by atoms with E-state index in [4.69, 9.17) is 4.74 Å². The standard InChI is InChI=1S/C19H24N4O2/c1-13-7-16(9-20-8-13)19(24)23-6-5-15-10-21-22(2)18(15)17(23)12-25-11-14-3-4-14/h7-10,14,17H,3-6,11-12H2,1-2H3/t17-/m1/s1. The number of ether oxygens (including phenoxy) is 1. The van der Waals surface area contributed by atoms with Gasteiger partial charge in [0.1, 0.15) is 0 Å². The topological polar surface area (TPSA) is 60.2 Å². The molecule has 0 radical (unpaired) electrons. The van der Waals surface area contributed by atoms with Crippen LogP contribution in [0, 0.1) is 12.8 Å². The lowest BCUT2D eigenvalue weighted by atomic mass is 9.99. The molecule has 0 bridgehead atoms. The third kappa shape index (κ3) is 3.31. The van der Waals surface area contributed by atoms with Crippen LogP contribution in [-0.4, -0.2) is 45.3 Å². The lowest BCUT2D eigenvalue weighted by Crippen LogP contribution is -2.43. The van der Waals surface area contributed by atoms with Crippen LogP contribution < -0.4 is 0 Å². The van der Waals surface area contributed by atoms with Gasteiger partial charge < -0.3 is 9.64 Å². The van der Waals surface area contributed by atoms with Gasteiger partial charge in [-0.2, -0.15) is 5.10 Å². The fourth-order valence-electron chi connectivity index (χ4n) is 3.54. The normalized spacial score (nSPS) is 19.8. The number of hydrogen-bond acceptors (Lipinski definition) is 4. The molecule has 6 heteroatoms. The molecule has 132 valence electrons. The molecule has 0 aromatic carbocycles. The SMILES string of the molecule is Cc1cncc(C(=O)N2CCc3cnn(C)c3[C@H]2COCC2CC2)c1. The third-order valence-electron chi connectivity index (χ3n) is 5.09. The molecule has 1 atom stereocenters. The second-order valence-electron chi connectivity index (χ2n) is 7.17. The molecule has 0 N–H and O–H groups in total. The highest BCUT2D eigenvalue weighted by atomic mass is 16.5. The average molecular weight is 340 g/mol. The monoisotopic (exact) mass is 340 g/mol. The molecule has 2 aliphatic rings. The first-order chi connectivity index (χ1) is 12.1. The molecule has 25 heavy (non-hydrogen) atoms. The summed E-state index contributed by atoms with van der Waals surface area (Å²) in [6, 6.07) is 1.80. The number of rotatable bonds is 5. The minimum absolute atomic E-state index is 0.0167. The second-order valence-corrected chi connectivity index (χ2v) is 7.17. The number of fused-ring (bicyclic) bond motifs is 1. The van der Waals surface area contributed by atoms with Crippen LogP contribution in [0.15, 0.2) is 24.7 Å². The Morgan fingerprint density at radius 3 is 2.88 bits per heavy atom. The van der Waals surface area contributed by atoms with Crippen LogP contribution in [0.2, 0.25) is 0 Å². The lowest BCUT2D eigenvalue weighted by molar-refractivity contribution is 0.0348.